The van der Waals surface area contributed by atoms with E-state index in [1.807, 2.05) is 60.7 Å². The second kappa shape index (κ2) is 13.6. The topological polar surface area (TPSA) is 122 Å². The highest BCUT2D eigenvalue weighted by atomic mass is 16.7. The van der Waals surface area contributed by atoms with E-state index in [0.29, 0.717) is 5.75 Å². The average Bonchev–Trinajstić information content (AvgIpc) is 2.92. The predicted molar refractivity (Wildman–Crippen MR) is 137 cm³/mol. The van der Waals surface area contributed by atoms with Gasteiger partial charge < -0.3 is 29.0 Å². The molecule has 3 atom stereocenters. The Hall–Kier alpha value is -4.60. The van der Waals surface area contributed by atoms with Gasteiger partial charge in [0.25, 0.3) is 5.91 Å². The summed E-state index contributed by atoms with van der Waals surface area (Å²) in [5.41, 5.74) is 0.669. The van der Waals surface area contributed by atoms with Gasteiger partial charge in [-0.05, 0) is 31.5 Å². The Balaban J connectivity index is 1.70. The summed E-state index contributed by atoms with van der Waals surface area (Å²) in [5, 5.41) is 2.56. The van der Waals surface area contributed by atoms with Crippen molar-refractivity contribution in [2.24, 2.45) is 0 Å². The van der Waals surface area contributed by atoms with E-state index in [1.54, 1.807) is 6.92 Å². The van der Waals surface area contributed by atoms with Crippen molar-refractivity contribution in [3.05, 3.63) is 84.2 Å². The summed E-state index contributed by atoms with van der Waals surface area (Å²) in [6.07, 6.45) is 0.0666. The third kappa shape index (κ3) is 7.70. The third-order valence-corrected chi connectivity index (χ3v) is 5.33. The van der Waals surface area contributed by atoms with Crippen LogP contribution in [-0.2, 0) is 19.1 Å². The van der Waals surface area contributed by atoms with Crippen molar-refractivity contribution in [1.82, 2.24) is 10.3 Å². The maximum Gasteiger partial charge on any atom is 0.328 e. The van der Waals surface area contributed by atoms with Gasteiger partial charge in [-0.15, -0.1) is 0 Å². The molecule has 200 valence electrons. The molecule has 3 rings (SSSR count). The smallest absolute Gasteiger partial charge is 0.328 e. The Labute approximate surface area is 220 Å². The number of hydrogen-bond donors (Lipinski definition) is 1. The molecule has 1 heterocycles. The zero-order valence-corrected chi connectivity index (χ0v) is 21.6. The van der Waals surface area contributed by atoms with Crippen LogP contribution in [-0.4, -0.2) is 48.9 Å². The van der Waals surface area contributed by atoms with Crippen molar-refractivity contribution in [2.75, 3.05) is 13.9 Å². The van der Waals surface area contributed by atoms with Gasteiger partial charge in [0.05, 0.1) is 7.11 Å². The van der Waals surface area contributed by atoms with E-state index in [4.69, 9.17) is 23.7 Å². The molecule has 1 N–H and O–H groups in total. The van der Waals surface area contributed by atoms with E-state index in [0.717, 1.165) is 5.56 Å². The second-order valence-corrected chi connectivity index (χ2v) is 8.19. The van der Waals surface area contributed by atoms with Gasteiger partial charge in [-0.1, -0.05) is 48.5 Å². The van der Waals surface area contributed by atoms with Crippen molar-refractivity contribution in [3.63, 3.8) is 0 Å². The number of para-hydroxylation sites is 1. The van der Waals surface area contributed by atoms with E-state index in [-0.39, 0.29) is 17.2 Å². The first-order valence-electron chi connectivity index (χ1n) is 11.9. The van der Waals surface area contributed by atoms with Crippen LogP contribution in [0.5, 0.6) is 17.2 Å². The fraction of sp³-hybridized carbons (Fsp3) is 0.286. The lowest BCUT2D eigenvalue weighted by molar-refractivity contribution is -0.155. The number of nitrogens with zero attached hydrogens (tertiary/aromatic N) is 1. The predicted octanol–water partition coefficient (Wildman–Crippen LogP) is 3.86. The van der Waals surface area contributed by atoms with Gasteiger partial charge in [-0.25, -0.2) is 9.78 Å². The Bertz CT molecular complexity index is 1220. The molecule has 0 bridgehead atoms. The molecule has 0 unspecified atom stereocenters. The lowest BCUT2D eigenvalue weighted by Crippen LogP contribution is -2.42. The largest absolute Gasteiger partial charge is 0.493 e. The van der Waals surface area contributed by atoms with E-state index in [1.165, 1.54) is 33.2 Å². The van der Waals surface area contributed by atoms with Crippen molar-refractivity contribution in [3.8, 4) is 17.2 Å². The summed E-state index contributed by atoms with van der Waals surface area (Å²) >= 11 is 0. The van der Waals surface area contributed by atoms with E-state index < -0.39 is 42.9 Å². The highest BCUT2D eigenvalue weighted by Gasteiger charge is 2.29. The van der Waals surface area contributed by atoms with Crippen molar-refractivity contribution in [2.45, 2.75) is 39.0 Å². The minimum atomic E-state index is -1.03. The fourth-order valence-corrected chi connectivity index (χ4v) is 3.46. The molecule has 10 nitrogen and oxygen atoms in total. The van der Waals surface area contributed by atoms with Crippen LogP contribution in [0.25, 0.3) is 0 Å². The monoisotopic (exact) mass is 522 g/mol. The quantitative estimate of drug-likeness (QED) is 0.279. The van der Waals surface area contributed by atoms with Gasteiger partial charge in [-0.2, -0.15) is 0 Å². The number of carbonyl (C=O) groups excluding carboxylic acids is 3. The lowest BCUT2D eigenvalue weighted by Gasteiger charge is -2.27. The molecule has 1 amide bonds. The Morgan fingerprint density at radius 1 is 0.947 bits per heavy atom. The van der Waals surface area contributed by atoms with Gasteiger partial charge in [-0.3, -0.25) is 9.59 Å². The highest BCUT2D eigenvalue weighted by molar-refractivity contribution is 5.98. The molecular formula is C28H30N2O8. The van der Waals surface area contributed by atoms with Crippen molar-refractivity contribution in [1.29, 1.82) is 0 Å². The number of pyridine rings is 1. The molecule has 0 saturated carbocycles. The normalized spacial score (nSPS) is 12.8. The number of hydrogen-bond acceptors (Lipinski definition) is 9. The molecule has 0 radical (unpaired) electrons. The van der Waals surface area contributed by atoms with Crippen LogP contribution in [0.15, 0.2) is 72.9 Å². The molecule has 0 saturated heterocycles. The molecule has 0 aliphatic rings. The summed E-state index contributed by atoms with van der Waals surface area (Å²) in [6.45, 7) is 3.98. The Morgan fingerprint density at radius 2 is 1.61 bits per heavy atom. The minimum Gasteiger partial charge on any atom is -0.493 e. The zero-order valence-electron chi connectivity index (χ0n) is 21.6. The van der Waals surface area contributed by atoms with Crippen LogP contribution in [0.2, 0.25) is 0 Å². The molecule has 1 aromatic heterocycles. The summed E-state index contributed by atoms with van der Waals surface area (Å²) in [5.74, 6) is -1.16. The summed E-state index contributed by atoms with van der Waals surface area (Å²) in [7, 11) is 1.39. The minimum absolute atomic E-state index is 0.0388. The van der Waals surface area contributed by atoms with Crippen LogP contribution in [0.3, 0.4) is 0 Å². The van der Waals surface area contributed by atoms with E-state index >= 15 is 0 Å². The van der Waals surface area contributed by atoms with Gasteiger partial charge in [0.15, 0.2) is 23.3 Å². The van der Waals surface area contributed by atoms with E-state index in [9.17, 15) is 14.4 Å². The van der Waals surface area contributed by atoms with Crippen LogP contribution in [0.1, 0.15) is 42.9 Å². The van der Waals surface area contributed by atoms with Gasteiger partial charge in [0.2, 0.25) is 6.79 Å². The van der Waals surface area contributed by atoms with E-state index in [2.05, 4.69) is 10.3 Å². The molecule has 0 spiro atoms. The molecular weight excluding hydrogens is 492 g/mol. The van der Waals surface area contributed by atoms with Crippen molar-refractivity contribution >= 4 is 17.8 Å². The molecule has 38 heavy (non-hydrogen) atoms. The van der Waals surface area contributed by atoms with Gasteiger partial charge in [0.1, 0.15) is 17.9 Å². The lowest BCUT2D eigenvalue weighted by atomic mass is 10.0. The maximum absolute atomic E-state index is 13.0. The van der Waals surface area contributed by atoms with Crippen LogP contribution >= 0.6 is 0 Å². The second-order valence-electron chi connectivity index (χ2n) is 8.19. The standard InChI is InChI=1S/C28H30N2O8/c1-18(30-27(32)24-26(36-17-35-20(3)31)23(34-4)15-16-29-24)28(33)37-19(2)25(21-11-7-5-8-12-21)38-22-13-9-6-10-14-22/h5-16,18-19,25H,17H2,1-4H3,(H,30,32)/t18-,19+,25+/m0/s1. The molecule has 10 heteroatoms. The van der Waals surface area contributed by atoms with Gasteiger partial charge in [0, 0.05) is 19.2 Å². The first-order chi connectivity index (χ1) is 18.3. The Morgan fingerprint density at radius 3 is 2.24 bits per heavy atom. The number of rotatable bonds is 12. The summed E-state index contributed by atoms with van der Waals surface area (Å²) in [4.78, 5) is 41.0. The molecule has 0 aliphatic heterocycles. The number of benzene rings is 2. The summed E-state index contributed by atoms with van der Waals surface area (Å²) in [6, 6.07) is 19.0. The number of carbonyl (C=O) groups is 3. The first kappa shape index (κ1) is 28.0. The zero-order chi connectivity index (χ0) is 27.5. The Kier molecular flexibility index (Phi) is 10.0. The van der Waals surface area contributed by atoms with Gasteiger partial charge >= 0.3 is 11.9 Å². The average molecular weight is 523 g/mol. The number of ether oxygens (including phenoxy) is 5. The molecule has 0 fully saturated rings. The van der Waals surface area contributed by atoms with Crippen molar-refractivity contribution < 1.29 is 38.1 Å². The number of esters is 2. The molecule has 0 aliphatic carbocycles. The molecule has 3 aromatic rings. The maximum atomic E-state index is 13.0. The number of aromatic nitrogens is 1. The third-order valence-electron chi connectivity index (χ3n) is 5.33. The first-order valence-corrected chi connectivity index (χ1v) is 11.9. The molecule has 2 aromatic carbocycles. The van der Waals surface area contributed by atoms with Crippen LogP contribution in [0.4, 0.5) is 0 Å². The number of amides is 1. The fourth-order valence-electron chi connectivity index (χ4n) is 3.46. The highest BCUT2D eigenvalue weighted by Crippen LogP contribution is 2.30. The number of methoxy groups -OCH3 is 1. The van der Waals surface area contributed by atoms with Crippen LogP contribution in [0, 0.1) is 0 Å². The van der Waals surface area contributed by atoms with Crippen LogP contribution < -0.4 is 19.5 Å². The summed E-state index contributed by atoms with van der Waals surface area (Å²) < 4.78 is 27.3. The SMILES string of the molecule is COc1ccnc(C(=O)N[C@@H](C)C(=O)O[C@H](C)[C@@H](Oc2ccccc2)c2ccccc2)c1OCOC(C)=O. The number of nitrogens with one attached hydrogen (secondary N) is 1.